The summed E-state index contributed by atoms with van der Waals surface area (Å²) in [5.41, 5.74) is 9.91. The van der Waals surface area contributed by atoms with E-state index in [-0.39, 0.29) is 6.10 Å². The van der Waals surface area contributed by atoms with E-state index in [1.807, 2.05) is 12.4 Å². The number of fused-ring (bicyclic) bond motifs is 1. The van der Waals surface area contributed by atoms with E-state index in [9.17, 15) is 4.79 Å². The Kier molecular flexibility index (Phi) is 8.51. The number of aryl methyl sites for hydroxylation is 3. The molecule has 1 fully saturated rings. The highest BCUT2D eigenvalue weighted by Crippen LogP contribution is 2.34. The van der Waals surface area contributed by atoms with Crippen LogP contribution in [0, 0.1) is 13.8 Å². The number of nitrogens with zero attached hydrogens (tertiary/aromatic N) is 2. The quantitative estimate of drug-likeness (QED) is 0.206. The number of carbonyl (C=O) groups excluding carboxylic acids is 1. The fourth-order valence-corrected chi connectivity index (χ4v) is 5.52. The molecule has 1 aliphatic heterocycles. The number of ether oxygens (including phenoxy) is 1. The predicted molar refractivity (Wildman–Crippen MR) is 153 cm³/mol. The molecule has 0 saturated carbocycles. The van der Waals surface area contributed by atoms with Crippen LogP contribution in [0.1, 0.15) is 46.8 Å². The molecule has 1 amide bonds. The number of hydrogen-bond donors (Lipinski definition) is 2. The van der Waals surface area contributed by atoms with Gasteiger partial charge in [-0.2, -0.15) is 0 Å². The van der Waals surface area contributed by atoms with Crippen molar-refractivity contribution in [1.29, 1.82) is 0 Å². The number of benzene rings is 2. The Morgan fingerprint density at radius 1 is 1.03 bits per heavy atom. The van der Waals surface area contributed by atoms with Crippen LogP contribution < -0.4 is 5.32 Å². The van der Waals surface area contributed by atoms with Crippen molar-refractivity contribution in [3.8, 4) is 11.3 Å². The number of pyridine rings is 1. The molecule has 38 heavy (non-hydrogen) atoms. The molecular weight excluding hydrogens is 472 g/mol. The minimum atomic E-state index is -0.0933. The van der Waals surface area contributed by atoms with Crippen molar-refractivity contribution in [2.75, 3.05) is 32.8 Å². The Labute approximate surface area is 225 Å². The summed E-state index contributed by atoms with van der Waals surface area (Å²) in [7, 11) is 0. The van der Waals surface area contributed by atoms with Gasteiger partial charge in [0.05, 0.1) is 13.2 Å². The highest BCUT2D eigenvalue weighted by Gasteiger charge is 2.22. The second kappa shape index (κ2) is 12.4. The van der Waals surface area contributed by atoms with Crippen LogP contribution in [-0.2, 0) is 22.4 Å². The van der Waals surface area contributed by atoms with Crippen LogP contribution in [0.5, 0.6) is 0 Å². The zero-order valence-corrected chi connectivity index (χ0v) is 22.5. The van der Waals surface area contributed by atoms with E-state index >= 15 is 0 Å². The van der Waals surface area contributed by atoms with Gasteiger partial charge in [-0.3, -0.25) is 9.78 Å². The lowest BCUT2D eigenvalue weighted by atomic mass is 9.98. The predicted octanol–water partition coefficient (Wildman–Crippen LogP) is 5.53. The lowest BCUT2D eigenvalue weighted by Crippen LogP contribution is -2.37. The average Bonchev–Trinajstić information content (AvgIpc) is 3.30. The summed E-state index contributed by atoms with van der Waals surface area (Å²) < 4.78 is 6.05. The molecule has 0 bridgehead atoms. The van der Waals surface area contributed by atoms with E-state index in [4.69, 9.17) is 4.74 Å². The van der Waals surface area contributed by atoms with Crippen LogP contribution in [0.4, 0.5) is 0 Å². The fourth-order valence-electron chi connectivity index (χ4n) is 5.52. The van der Waals surface area contributed by atoms with Gasteiger partial charge in [-0.25, -0.2) is 0 Å². The first kappa shape index (κ1) is 26.1. The first-order chi connectivity index (χ1) is 18.6. The van der Waals surface area contributed by atoms with Gasteiger partial charge >= 0.3 is 0 Å². The largest absolute Gasteiger partial charge is 0.370 e. The summed E-state index contributed by atoms with van der Waals surface area (Å²) in [5.74, 6) is 0. The van der Waals surface area contributed by atoms with Gasteiger partial charge in [0.25, 0.3) is 0 Å². The van der Waals surface area contributed by atoms with Crippen molar-refractivity contribution < 1.29 is 9.53 Å². The van der Waals surface area contributed by atoms with Crippen LogP contribution in [0.25, 0.3) is 22.2 Å². The number of amides is 1. The van der Waals surface area contributed by atoms with Gasteiger partial charge in [0.15, 0.2) is 0 Å². The zero-order valence-electron chi connectivity index (χ0n) is 22.5. The molecule has 4 aromatic rings. The molecule has 1 unspecified atom stereocenters. The number of aromatic amines is 1. The number of aromatic nitrogens is 2. The van der Waals surface area contributed by atoms with E-state index in [1.165, 1.54) is 45.3 Å². The molecule has 3 heterocycles. The van der Waals surface area contributed by atoms with Crippen LogP contribution in [0.15, 0.2) is 60.9 Å². The number of carbonyl (C=O) groups is 1. The third kappa shape index (κ3) is 6.32. The molecular formula is C32H38N4O2. The number of H-pyrrole nitrogens is 1. The third-order valence-electron chi connectivity index (χ3n) is 7.43. The topological polar surface area (TPSA) is 70.2 Å². The maximum atomic E-state index is 11.4. The van der Waals surface area contributed by atoms with Gasteiger partial charge in [0, 0.05) is 35.5 Å². The summed E-state index contributed by atoms with van der Waals surface area (Å²) >= 11 is 0. The lowest BCUT2D eigenvalue weighted by Gasteiger charge is -2.30. The normalized spacial score (nSPS) is 15.7. The number of morpholine rings is 1. The molecule has 0 aliphatic carbocycles. The maximum Gasteiger partial charge on any atom is 0.209 e. The monoisotopic (exact) mass is 510 g/mol. The van der Waals surface area contributed by atoms with E-state index in [0.717, 1.165) is 49.8 Å². The Balaban J connectivity index is 1.33. The van der Waals surface area contributed by atoms with Crippen molar-refractivity contribution in [2.24, 2.45) is 0 Å². The molecule has 0 spiro atoms. The summed E-state index contributed by atoms with van der Waals surface area (Å²) in [6.07, 6.45) is 8.91. The standard InChI is InChI=1S/C32H38N4O2/c1-23-17-24(2)19-27(18-23)32-28(10-14-33-11-4-3-5-25-8-12-34-13-9-25)29-20-26(6-7-30(29)35-32)31-21-36(22-37)15-16-38-31/h6-9,12-13,17-20,22,31,33,35H,3-5,10-11,14-16,21H2,1-2H3. The van der Waals surface area contributed by atoms with E-state index in [1.54, 1.807) is 4.90 Å². The van der Waals surface area contributed by atoms with Gasteiger partial charge in [0.1, 0.15) is 6.10 Å². The summed E-state index contributed by atoms with van der Waals surface area (Å²) in [6, 6.07) is 17.5. The molecule has 2 N–H and O–H groups in total. The molecule has 2 aromatic carbocycles. The minimum absolute atomic E-state index is 0.0933. The second-order valence-corrected chi connectivity index (χ2v) is 10.4. The van der Waals surface area contributed by atoms with Crippen molar-refractivity contribution in [3.05, 3.63) is 88.7 Å². The first-order valence-corrected chi connectivity index (χ1v) is 13.7. The first-order valence-electron chi connectivity index (χ1n) is 13.7. The van der Waals surface area contributed by atoms with Crippen molar-refractivity contribution in [3.63, 3.8) is 0 Å². The van der Waals surface area contributed by atoms with Crippen LogP contribution in [0.2, 0.25) is 0 Å². The molecule has 6 heteroatoms. The molecule has 2 aromatic heterocycles. The van der Waals surface area contributed by atoms with Gasteiger partial charge in [-0.1, -0.05) is 23.3 Å². The molecule has 198 valence electrons. The van der Waals surface area contributed by atoms with Crippen LogP contribution >= 0.6 is 0 Å². The Morgan fingerprint density at radius 3 is 2.63 bits per heavy atom. The van der Waals surface area contributed by atoms with Gasteiger partial charge in [-0.15, -0.1) is 0 Å². The number of unbranched alkanes of at least 4 members (excludes halogenated alkanes) is 1. The van der Waals surface area contributed by atoms with E-state index in [0.29, 0.717) is 19.7 Å². The van der Waals surface area contributed by atoms with Crippen LogP contribution in [0.3, 0.4) is 0 Å². The highest BCUT2D eigenvalue weighted by molar-refractivity contribution is 5.91. The molecule has 1 aliphatic rings. The van der Waals surface area contributed by atoms with E-state index < -0.39 is 0 Å². The molecule has 1 atom stereocenters. The van der Waals surface area contributed by atoms with Gasteiger partial charge in [-0.05, 0) is 111 Å². The zero-order chi connectivity index (χ0) is 26.3. The minimum Gasteiger partial charge on any atom is -0.370 e. The van der Waals surface area contributed by atoms with E-state index in [2.05, 4.69) is 77.7 Å². The Bertz CT molecular complexity index is 1340. The molecule has 5 rings (SSSR count). The summed E-state index contributed by atoms with van der Waals surface area (Å²) in [5, 5.41) is 4.91. The molecule has 6 nitrogen and oxygen atoms in total. The molecule has 1 saturated heterocycles. The third-order valence-corrected chi connectivity index (χ3v) is 7.43. The van der Waals surface area contributed by atoms with Gasteiger partial charge < -0.3 is 19.9 Å². The van der Waals surface area contributed by atoms with Crippen molar-refractivity contribution in [1.82, 2.24) is 20.2 Å². The summed E-state index contributed by atoms with van der Waals surface area (Å²) in [6.45, 7) is 8.06. The lowest BCUT2D eigenvalue weighted by molar-refractivity contribution is -0.125. The number of nitrogens with one attached hydrogen (secondary N) is 2. The summed E-state index contributed by atoms with van der Waals surface area (Å²) in [4.78, 5) is 21.0. The van der Waals surface area contributed by atoms with Crippen molar-refractivity contribution in [2.45, 2.75) is 45.6 Å². The maximum absolute atomic E-state index is 11.4. The number of hydrogen-bond acceptors (Lipinski definition) is 4. The Hall–Kier alpha value is -3.48. The molecule has 0 radical (unpaired) electrons. The number of rotatable bonds is 11. The second-order valence-electron chi connectivity index (χ2n) is 10.4. The highest BCUT2D eigenvalue weighted by atomic mass is 16.5. The SMILES string of the molecule is Cc1cc(C)cc(-c2[nH]c3ccc(C4CN(C=O)CCO4)cc3c2CCNCCCCc2ccncc2)c1. The smallest absolute Gasteiger partial charge is 0.209 e. The Morgan fingerprint density at radius 2 is 1.84 bits per heavy atom. The van der Waals surface area contributed by atoms with Gasteiger partial charge in [0.2, 0.25) is 6.41 Å². The average molecular weight is 511 g/mol. The van der Waals surface area contributed by atoms with Crippen molar-refractivity contribution >= 4 is 17.3 Å². The fraction of sp³-hybridized carbons (Fsp3) is 0.375. The van der Waals surface area contributed by atoms with Crippen LogP contribution in [-0.4, -0.2) is 54.1 Å².